The van der Waals surface area contributed by atoms with Gasteiger partial charge in [-0.15, -0.1) is 11.6 Å². The molecule has 0 aliphatic rings. The minimum atomic E-state index is 0.0498. The highest BCUT2D eigenvalue weighted by Gasteiger charge is 2.10. The molecule has 0 rings (SSSR count). The number of carbonyl (C=O) groups excluding carboxylic acids is 1. The molecule has 0 unspecified atom stereocenters. The van der Waals surface area contributed by atoms with Crippen LogP contribution in [0.5, 0.6) is 0 Å². The highest BCUT2D eigenvalue weighted by atomic mass is 35.5. The maximum atomic E-state index is 10.9. The Bertz CT molecular complexity index is 103. The van der Waals surface area contributed by atoms with E-state index in [0.717, 1.165) is 0 Å². The topological polar surface area (TPSA) is 20.3 Å². The van der Waals surface area contributed by atoms with Crippen molar-refractivity contribution in [2.24, 2.45) is 5.92 Å². The summed E-state index contributed by atoms with van der Waals surface area (Å²) in [5.41, 5.74) is 0. The number of alkyl halides is 1. The SMILES string of the molecule is CC(C)C(=O)N(C)CCl. The fourth-order valence-electron chi connectivity index (χ4n) is 0.500. The van der Waals surface area contributed by atoms with Gasteiger partial charge in [-0.3, -0.25) is 4.79 Å². The van der Waals surface area contributed by atoms with Gasteiger partial charge in [0.05, 0.1) is 6.00 Å². The van der Waals surface area contributed by atoms with Crippen LogP contribution in [0.4, 0.5) is 0 Å². The van der Waals surface area contributed by atoms with Gasteiger partial charge in [0, 0.05) is 13.0 Å². The molecule has 0 radical (unpaired) electrons. The Hall–Kier alpha value is -0.240. The summed E-state index contributed by atoms with van der Waals surface area (Å²) in [5.74, 6) is 0.138. The molecule has 9 heavy (non-hydrogen) atoms. The van der Waals surface area contributed by atoms with Gasteiger partial charge in [-0.2, -0.15) is 0 Å². The van der Waals surface area contributed by atoms with Crippen LogP contribution in [0.3, 0.4) is 0 Å². The summed E-state index contributed by atoms with van der Waals surface area (Å²) in [5, 5.41) is 0. The summed E-state index contributed by atoms with van der Waals surface area (Å²) in [6.07, 6.45) is 0. The Morgan fingerprint density at radius 3 is 2.22 bits per heavy atom. The monoisotopic (exact) mass is 149 g/mol. The van der Waals surface area contributed by atoms with Crippen molar-refractivity contribution in [3.63, 3.8) is 0 Å². The predicted octanol–water partition coefficient (Wildman–Crippen LogP) is 1.30. The largest absolute Gasteiger partial charge is 0.332 e. The Morgan fingerprint density at radius 2 is 2.11 bits per heavy atom. The first kappa shape index (κ1) is 8.76. The summed E-state index contributed by atoms with van der Waals surface area (Å²) in [6, 6.07) is 0.275. The van der Waals surface area contributed by atoms with Crippen LogP contribution in [0, 0.1) is 5.92 Å². The molecule has 0 atom stereocenters. The lowest BCUT2D eigenvalue weighted by atomic mass is 10.2. The summed E-state index contributed by atoms with van der Waals surface area (Å²) in [7, 11) is 1.69. The van der Waals surface area contributed by atoms with E-state index >= 15 is 0 Å². The maximum absolute atomic E-state index is 10.9. The number of amides is 1. The molecule has 0 aliphatic heterocycles. The van der Waals surface area contributed by atoms with Gasteiger partial charge >= 0.3 is 0 Å². The molecule has 0 bridgehead atoms. The first-order valence-electron chi connectivity index (χ1n) is 2.90. The zero-order valence-electron chi connectivity index (χ0n) is 6.02. The van der Waals surface area contributed by atoms with Gasteiger partial charge in [0.1, 0.15) is 0 Å². The molecular formula is C6H12ClNO. The lowest BCUT2D eigenvalue weighted by molar-refractivity contribution is -0.132. The molecule has 0 aromatic rings. The van der Waals surface area contributed by atoms with Crippen LogP contribution in [0.2, 0.25) is 0 Å². The molecule has 0 aromatic heterocycles. The van der Waals surface area contributed by atoms with Crippen molar-refractivity contribution in [2.75, 3.05) is 13.1 Å². The molecule has 0 heterocycles. The molecule has 0 aromatic carbocycles. The van der Waals surface area contributed by atoms with Gasteiger partial charge in [0.25, 0.3) is 0 Å². The van der Waals surface area contributed by atoms with E-state index in [9.17, 15) is 4.79 Å². The molecule has 0 spiro atoms. The lowest BCUT2D eigenvalue weighted by Crippen LogP contribution is -2.29. The van der Waals surface area contributed by atoms with Crippen LogP contribution in [0.25, 0.3) is 0 Å². The number of hydrogen-bond donors (Lipinski definition) is 0. The molecule has 0 fully saturated rings. The van der Waals surface area contributed by atoms with Crippen LogP contribution < -0.4 is 0 Å². The summed E-state index contributed by atoms with van der Waals surface area (Å²) < 4.78 is 0. The van der Waals surface area contributed by atoms with E-state index < -0.39 is 0 Å². The average molecular weight is 150 g/mol. The van der Waals surface area contributed by atoms with Crippen molar-refractivity contribution in [1.82, 2.24) is 4.90 Å². The Labute approximate surface area is 60.8 Å². The van der Waals surface area contributed by atoms with Crippen molar-refractivity contribution in [3.8, 4) is 0 Å². The number of rotatable bonds is 2. The van der Waals surface area contributed by atoms with Crippen molar-refractivity contribution in [1.29, 1.82) is 0 Å². The molecule has 3 heteroatoms. The van der Waals surface area contributed by atoms with E-state index in [-0.39, 0.29) is 17.8 Å². The lowest BCUT2D eigenvalue weighted by Gasteiger charge is -2.14. The third-order valence-electron chi connectivity index (χ3n) is 1.05. The minimum Gasteiger partial charge on any atom is -0.332 e. The number of nitrogens with zero attached hydrogens (tertiary/aromatic N) is 1. The summed E-state index contributed by atoms with van der Waals surface area (Å²) >= 11 is 5.40. The van der Waals surface area contributed by atoms with E-state index in [1.165, 1.54) is 4.90 Å². The normalized spacial score (nSPS) is 9.89. The molecule has 1 amide bonds. The second kappa shape index (κ2) is 3.72. The fraction of sp³-hybridized carbons (Fsp3) is 0.833. The van der Waals surface area contributed by atoms with Gasteiger partial charge in [0.15, 0.2) is 0 Å². The first-order chi connectivity index (χ1) is 4.09. The quantitative estimate of drug-likeness (QED) is 0.428. The van der Waals surface area contributed by atoms with E-state index in [1.807, 2.05) is 13.8 Å². The van der Waals surface area contributed by atoms with Gasteiger partial charge in [-0.05, 0) is 0 Å². The molecule has 0 aliphatic carbocycles. The van der Waals surface area contributed by atoms with Crippen molar-refractivity contribution in [3.05, 3.63) is 0 Å². The Morgan fingerprint density at radius 1 is 1.67 bits per heavy atom. The van der Waals surface area contributed by atoms with Crippen LogP contribution >= 0.6 is 11.6 Å². The third-order valence-corrected chi connectivity index (χ3v) is 1.41. The van der Waals surface area contributed by atoms with Gasteiger partial charge in [-0.25, -0.2) is 0 Å². The molecule has 0 N–H and O–H groups in total. The second-order valence-corrected chi connectivity index (χ2v) is 2.55. The highest BCUT2D eigenvalue weighted by Crippen LogP contribution is 1.98. The first-order valence-corrected chi connectivity index (χ1v) is 3.44. The molecular weight excluding hydrogens is 138 g/mol. The van der Waals surface area contributed by atoms with Crippen molar-refractivity contribution < 1.29 is 4.79 Å². The van der Waals surface area contributed by atoms with Crippen LogP contribution in [0.15, 0.2) is 0 Å². The van der Waals surface area contributed by atoms with Crippen LogP contribution in [-0.2, 0) is 4.79 Å². The Balaban J connectivity index is 3.73. The smallest absolute Gasteiger partial charge is 0.225 e. The average Bonchev–Trinajstić information content (AvgIpc) is 1.84. The third kappa shape index (κ3) is 2.70. The zero-order chi connectivity index (χ0) is 7.44. The van der Waals surface area contributed by atoms with Gasteiger partial charge < -0.3 is 4.90 Å². The van der Waals surface area contributed by atoms with Gasteiger partial charge in [-0.1, -0.05) is 13.8 Å². The molecule has 0 saturated heterocycles. The highest BCUT2D eigenvalue weighted by molar-refractivity contribution is 6.18. The van der Waals surface area contributed by atoms with E-state index in [1.54, 1.807) is 7.05 Å². The van der Waals surface area contributed by atoms with E-state index in [4.69, 9.17) is 11.6 Å². The number of hydrogen-bond acceptors (Lipinski definition) is 1. The standard InChI is InChI=1S/C6H12ClNO/c1-5(2)6(9)8(3)4-7/h5H,4H2,1-3H3. The Kier molecular flexibility index (Phi) is 3.62. The van der Waals surface area contributed by atoms with Crippen molar-refractivity contribution >= 4 is 17.5 Å². The predicted molar refractivity (Wildman–Crippen MR) is 38.3 cm³/mol. The number of carbonyl (C=O) groups is 1. The summed E-state index contributed by atoms with van der Waals surface area (Å²) in [4.78, 5) is 12.4. The van der Waals surface area contributed by atoms with Gasteiger partial charge in [0.2, 0.25) is 5.91 Å². The zero-order valence-corrected chi connectivity index (χ0v) is 6.77. The maximum Gasteiger partial charge on any atom is 0.225 e. The van der Waals surface area contributed by atoms with Crippen LogP contribution in [-0.4, -0.2) is 23.9 Å². The molecule has 2 nitrogen and oxygen atoms in total. The fourth-order valence-corrected chi connectivity index (χ4v) is 0.617. The molecule has 54 valence electrons. The number of halogens is 1. The van der Waals surface area contributed by atoms with E-state index in [2.05, 4.69) is 0 Å². The minimum absolute atomic E-state index is 0.0498. The van der Waals surface area contributed by atoms with Crippen LogP contribution in [0.1, 0.15) is 13.8 Å². The van der Waals surface area contributed by atoms with Crippen molar-refractivity contribution in [2.45, 2.75) is 13.8 Å². The second-order valence-electron chi connectivity index (χ2n) is 2.31. The van der Waals surface area contributed by atoms with E-state index in [0.29, 0.717) is 0 Å². The molecule has 0 saturated carbocycles. The summed E-state index contributed by atoms with van der Waals surface area (Å²) in [6.45, 7) is 3.71.